The molecule has 59 heavy (non-hydrogen) atoms. The zero-order valence-corrected chi connectivity index (χ0v) is 32.5. The van der Waals surface area contributed by atoms with Crippen molar-refractivity contribution in [2.24, 2.45) is 0 Å². The third kappa shape index (κ3) is 6.30. The number of hydrogen-bond donors (Lipinski definition) is 0. The maximum absolute atomic E-state index is 2.40. The fourth-order valence-electron chi connectivity index (χ4n) is 8.94. The van der Waals surface area contributed by atoms with E-state index >= 15 is 0 Å². The van der Waals surface area contributed by atoms with Crippen molar-refractivity contribution in [1.82, 2.24) is 0 Å². The lowest BCUT2D eigenvalue weighted by Crippen LogP contribution is -2.10. The SMILES string of the molecule is c1ccc(-c2c(-c3ccccc3)c3cc(-c4ccc(N(c5cccc(-c6ccc7ccccc7c6)c5)c5ccc6ccccc6c5)cc4)ccc3c3ccccc23)cc1. The van der Waals surface area contributed by atoms with Crippen LogP contribution in [0.4, 0.5) is 17.1 Å². The van der Waals surface area contributed by atoms with Gasteiger partial charge in [-0.05, 0) is 136 Å². The summed E-state index contributed by atoms with van der Waals surface area (Å²) in [6, 6.07) is 86.3. The van der Waals surface area contributed by atoms with Gasteiger partial charge in [-0.25, -0.2) is 0 Å². The third-order valence-electron chi connectivity index (χ3n) is 11.8. The lowest BCUT2D eigenvalue weighted by molar-refractivity contribution is 1.29. The van der Waals surface area contributed by atoms with Crippen LogP contribution in [-0.4, -0.2) is 0 Å². The van der Waals surface area contributed by atoms with Gasteiger partial charge < -0.3 is 4.90 Å². The molecule has 0 saturated heterocycles. The Labute approximate surface area is 344 Å². The average molecular weight is 750 g/mol. The zero-order valence-electron chi connectivity index (χ0n) is 32.5. The minimum absolute atomic E-state index is 1.10. The van der Waals surface area contributed by atoms with Gasteiger partial charge in [0.15, 0.2) is 0 Å². The van der Waals surface area contributed by atoms with Gasteiger partial charge in [-0.15, -0.1) is 0 Å². The molecule has 0 bridgehead atoms. The summed E-state index contributed by atoms with van der Waals surface area (Å²) in [6.45, 7) is 0. The van der Waals surface area contributed by atoms with Crippen LogP contribution in [0.1, 0.15) is 0 Å². The fourth-order valence-corrected chi connectivity index (χ4v) is 8.94. The third-order valence-corrected chi connectivity index (χ3v) is 11.8. The highest BCUT2D eigenvalue weighted by Crippen LogP contribution is 2.46. The standard InChI is InChI=1S/C58H39N/c1-3-16-43(17-4-1)57-55-25-12-11-24-53(55)54-35-31-49(39-56(54)58(57)44-18-5-2-6-19-44)42-28-32-50(33-29-42)59(52-34-30-41-15-8-10-21-46(41)37-52)51-23-13-22-47(38-51)48-27-26-40-14-7-9-20-45(40)36-48/h1-39H. The zero-order chi connectivity index (χ0) is 39.1. The Morgan fingerprint density at radius 2 is 0.661 bits per heavy atom. The highest BCUT2D eigenvalue weighted by molar-refractivity contribution is 6.22. The summed E-state index contributed by atoms with van der Waals surface area (Å²) in [5.41, 5.74) is 13.0. The van der Waals surface area contributed by atoms with Crippen LogP contribution in [0.15, 0.2) is 237 Å². The van der Waals surface area contributed by atoms with E-state index in [1.54, 1.807) is 0 Å². The van der Waals surface area contributed by atoms with Crippen LogP contribution >= 0.6 is 0 Å². The van der Waals surface area contributed by atoms with Gasteiger partial charge in [0.05, 0.1) is 0 Å². The summed E-state index contributed by atoms with van der Waals surface area (Å²) in [7, 11) is 0. The topological polar surface area (TPSA) is 3.24 Å². The molecule has 0 N–H and O–H groups in total. The van der Waals surface area contributed by atoms with Crippen molar-refractivity contribution in [3.63, 3.8) is 0 Å². The van der Waals surface area contributed by atoms with Crippen LogP contribution in [0.2, 0.25) is 0 Å². The summed E-state index contributed by atoms with van der Waals surface area (Å²) in [5.74, 6) is 0. The summed E-state index contributed by atoms with van der Waals surface area (Å²) in [5, 5.41) is 9.97. The van der Waals surface area contributed by atoms with E-state index < -0.39 is 0 Å². The Kier molecular flexibility index (Phi) is 8.56. The number of anilines is 3. The summed E-state index contributed by atoms with van der Waals surface area (Å²) < 4.78 is 0. The quantitative estimate of drug-likeness (QED) is 0.147. The van der Waals surface area contributed by atoms with E-state index in [0.29, 0.717) is 0 Å². The molecule has 0 aromatic heterocycles. The lowest BCUT2D eigenvalue weighted by Gasteiger charge is -2.26. The normalized spacial score (nSPS) is 11.4. The summed E-state index contributed by atoms with van der Waals surface area (Å²) in [4.78, 5) is 2.38. The minimum atomic E-state index is 1.10. The second-order valence-electron chi connectivity index (χ2n) is 15.3. The van der Waals surface area contributed by atoms with Crippen LogP contribution in [0.5, 0.6) is 0 Å². The smallest absolute Gasteiger partial charge is 0.0468 e. The predicted molar refractivity (Wildman–Crippen MR) is 253 cm³/mol. The Morgan fingerprint density at radius 1 is 0.203 bits per heavy atom. The van der Waals surface area contributed by atoms with E-state index in [4.69, 9.17) is 0 Å². The molecular weight excluding hydrogens is 711 g/mol. The van der Waals surface area contributed by atoms with E-state index in [2.05, 4.69) is 241 Å². The number of fused-ring (bicyclic) bond motifs is 5. The first-order valence-electron chi connectivity index (χ1n) is 20.3. The fraction of sp³-hybridized carbons (Fsp3) is 0. The molecule has 0 fully saturated rings. The first-order chi connectivity index (χ1) is 29.2. The van der Waals surface area contributed by atoms with E-state index in [1.165, 1.54) is 87.6 Å². The second kappa shape index (κ2) is 14.6. The van der Waals surface area contributed by atoms with Crippen molar-refractivity contribution < 1.29 is 0 Å². The van der Waals surface area contributed by atoms with E-state index in [9.17, 15) is 0 Å². The number of rotatable bonds is 7. The largest absolute Gasteiger partial charge is 0.310 e. The highest BCUT2D eigenvalue weighted by atomic mass is 15.1. The predicted octanol–water partition coefficient (Wildman–Crippen LogP) is 16.4. The molecule has 0 spiro atoms. The van der Waals surface area contributed by atoms with Gasteiger partial charge in [0.2, 0.25) is 0 Å². The number of hydrogen-bond acceptors (Lipinski definition) is 1. The first-order valence-corrected chi connectivity index (χ1v) is 20.3. The molecule has 0 aliphatic heterocycles. The molecule has 11 aromatic carbocycles. The van der Waals surface area contributed by atoms with Crippen molar-refractivity contribution in [2.45, 2.75) is 0 Å². The van der Waals surface area contributed by atoms with Gasteiger partial charge in [0.25, 0.3) is 0 Å². The Morgan fingerprint density at radius 3 is 1.37 bits per heavy atom. The first kappa shape index (κ1) is 34.5. The Balaban J connectivity index is 1.05. The molecule has 1 nitrogen and oxygen atoms in total. The second-order valence-corrected chi connectivity index (χ2v) is 15.3. The van der Waals surface area contributed by atoms with Crippen molar-refractivity contribution in [3.8, 4) is 44.5 Å². The molecule has 276 valence electrons. The molecule has 0 saturated carbocycles. The monoisotopic (exact) mass is 749 g/mol. The Hall–Kier alpha value is -7.74. The minimum Gasteiger partial charge on any atom is -0.310 e. The van der Waals surface area contributed by atoms with Gasteiger partial charge in [-0.1, -0.05) is 188 Å². The summed E-state index contributed by atoms with van der Waals surface area (Å²) >= 11 is 0. The maximum atomic E-state index is 2.40. The molecule has 1 heteroatoms. The maximum Gasteiger partial charge on any atom is 0.0468 e. The molecule has 0 radical (unpaired) electrons. The van der Waals surface area contributed by atoms with Gasteiger partial charge in [0, 0.05) is 17.1 Å². The molecule has 0 heterocycles. The van der Waals surface area contributed by atoms with E-state index in [0.717, 1.165) is 17.1 Å². The molecule has 11 rings (SSSR count). The van der Waals surface area contributed by atoms with Crippen LogP contribution in [0, 0.1) is 0 Å². The molecule has 11 aromatic rings. The van der Waals surface area contributed by atoms with E-state index in [-0.39, 0.29) is 0 Å². The number of nitrogens with zero attached hydrogens (tertiary/aromatic N) is 1. The average Bonchev–Trinajstić information content (AvgIpc) is 3.31. The molecule has 0 aliphatic carbocycles. The van der Waals surface area contributed by atoms with Crippen molar-refractivity contribution in [3.05, 3.63) is 237 Å². The molecule has 0 unspecified atom stereocenters. The van der Waals surface area contributed by atoms with Crippen molar-refractivity contribution >= 4 is 60.2 Å². The molecule has 0 atom stereocenters. The van der Waals surface area contributed by atoms with Gasteiger partial charge in [-0.2, -0.15) is 0 Å². The van der Waals surface area contributed by atoms with Gasteiger partial charge >= 0.3 is 0 Å². The van der Waals surface area contributed by atoms with Gasteiger partial charge in [-0.3, -0.25) is 0 Å². The van der Waals surface area contributed by atoms with Crippen LogP contribution < -0.4 is 4.90 Å². The molecular formula is C58H39N. The van der Waals surface area contributed by atoms with Crippen LogP contribution in [0.25, 0.3) is 87.6 Å². The Bertz CT molecular complexity index is 3310. The lowest BCUT2D eigenvalue weighted by atomic mass is 9.84. The number of benzene rings is 11. The van der Waals surface area contributed by atoms with Crippen molar-refractivity contribution in [1.29, 1.82) is 0 Å². The summed E-state index contributed by atoms with van der Waals surface area (Å²) in [6.07, 6.45) is 0. The molecule has 0 aliphatic rings. The van der Waals surface area contributed by atoms with Crippen LogP contribution in [-0.2, 0) is 0 Å². The van der Waals surface area contributed by atoms with Gasteiger partial charge in [0.1, 0.15) is 0 Å². The highest BCUT2D eigenvalue weighted by Gasteiger charge is 2.19. The van der Waals surface area contributed by atoms with Crippen LogP contribution in [0.3, 0.4) is 0 Å². The van der Waals surface area contributed by atoms with E-state index in [1.807, 2.05) is 0 Å². The molecule has 0 amide bonds. The van der Waals surface area contributed by atoms with Crippen molar-refractivity contribution in [2.75, 3.05) is 4.90 Å².